The molecule has 0 aliphatic carbocycles. The maximum Gasteiger partial charge on any atom is 0.265 e. The Labute approximate surface area is 192 Å². The standard InChI is InChI=1S/C26H24N2O3S/c1-18-8-3-4-10-20(18)16-27-25(29)15-24-26(30)28(22-12-5-6-13-23(22)32-24)17-19-9-7-11-21(14-19)31-2/h3-15H,16-17H2,1-2H3,(H,27,29). The molecule has 5 nitrogen and oxygen atoms in total. The molecule has 1 heterocycles. The highest BCUT2D eigenvalue weighted by Gasteiger charge is 2.29. The molecule has 0 radical (unpaired) electrons. The summed E-state index contributed by atoms with van der Waals surface area (Å²) < 4.78 is 5.31. The van der Waals surface area contributed by atoms with Crippen LogP contribution < -0.4 is 15.0 Å². The first kappa shape index (κ1) is 21.7. The van der Waals surface area contributed by atoms with Gasteiger partial charge < -0.3 is 15.0 Å². The Morgan fingerprint density at radius 1 is 1.06 bits per heavy atom. The van der Waals surface area contributed by atoms with Gasteiger partial charge in [0.1, 0.15) is 5.75 Å². The number of methoxy groups -OCH3 is 1. The number of hydrogen-bond acceptors (Lipinski definition) is 4. The molecule has 0 fully saturated rings. The van der Waals surface area contributed by atoms with Crippen molar-refractivity contribution in [2.75, 3.05) is 12.0 Å². The second-order valence-electron chi connectivity index (χ2n) is 7.47. The van der Waals surface area contributed by atoms with Gasteiger partial charge in [-0.3, -0.25) is 9.59 Å². The van der Waals surface area contributed by atoms with Crippen molar-refractivity contribution in [1.82, 2.24) is 5.32 Å². The van der Waals surface area contributed by atoms with Gasteiger partial charge in [-0.25, -0.2) is 0 Å². The highest BCUT2D eigenvalue weighted by Crippen LogP contribution is 2.41. The molecule has 0 spiro atoms. The Hall–Kier alpha value is -3.51. The minimum absolute atomic E-state index is 0.192. The molecule has 1 aliphatic rings. The lowest BCUT2D eigenvalue weighted by atomic mass is 10.1. The van der Waals surface area contributed by atoms with E-state index >= 15 is 0 Å². The number of rotatable bonds is 6. The van der Waals surface area contributed by atoms with Crippen LogP contribution in [0.1, 0.15) is 16.7 Å². The fourth-order valence-electron chi connectivity index (χ4n) is 3.53. The van der Waals surface area contributed by atoms with E-state index in [4.69, 9.17) is 4.74 Å². The first-order chi connectivity index (χ1) is 15.5. The number of nitrogens with zero attached hydrogens (tertiary/aromatic N) is 1. The maximum atomic E-state index is 13.3. The highest BCUT2D eigenvalue weighted by atomic mass is 32.2. The molecular formula is C26H24N2O3S. The summed E-state index contributed by atoms with van der Waals surface area (Å²) >= 11 is 1.32. The van der Waals surface area contributed by atoms with Gasteiger partial charge in [-0.15, -0.1) is 0 Å². The summed E-state index contributed by atoms with van der Waals surface area (Å²) in [6.45, 7) is 2.81. The Morgan fingerprint density at radius 3 is 2.66 bits per heavy atom. The molecule has 32 heavy (non-hydrogen) atoms. The van der Waals surface area contributed by atoms with E-state index < -0.39 is 0 Å². The van der Waals surface area contributed by atoms with Crippen molar-refractivity contribution < 1.29 is 14.3 Å². The SMILES string of the molecule is COc1cccc(CN2C(=O)C(=CC(=O)NCc3ccccc3C)Sc3ccccc32)c1. The fraction of sp³-hybridized carbons (Fsp3) is 0.154. The Balaban J connectivity index is 1.56. The third-order valence-corrected chi connectivity index (χ3v) is 6.36. The van der Waals surface area contributed by atoms with Gasteiger partial charge in [0, 0.05) is 17.5 Å². The molecule has 0 aromatic heterocycles. The zero-order valence-electron chi connectivity index (χ0n) is 18.0. The zero-order chi connectivity index (χ0) is 22.5. The van der Waals surface area contributed by atoms with E-state index in [1.807, 2.05) is 79.7 Å². The van der Waals surface area contributed by atoms with Crippen LogP contribution in [-0.4, -0.2) is 18.9 Å². The smallest absolute Gasteiger partial charge is 0.265 e. The van der Waals surface area contributed by atoms with Crippen LogP contribution in [0.2, 0.25) is 0 Å². The van der Waals surface area contributed by atoms with Gasteiger partial charge in [0.2, 0.25) is 5.91 Å². The molecule has 0 saturated carbocycles. The van der Waals surface area contributed by atoms with Crippen LogP contribution >= 0.6 is 11.8 Å². The predicted octanol–water partition coefficient (Wildman–Crippen LogP) is 4.84. The lowest BCUT2D eigenvalue weighted by Gasteiger charge is -2.30. The monoisotopic (exact) mass is 444 g/mol. The second kappa shape index (κ2) is 9.75. The Kier molecular flexibility index (Phi) is 6.61. The number of benzene rings is 3. The summed E-state index contributed by atoms with van der Waals surface area (Å²) in [5.74, 6) is 0.258. The lowest BCUT2D eigenvalue weighted by molar-refractivity contribution is -0.118. The van der Waals surface area contributed by atoms with Gasteiger partial charge in [-0.1, -0.05) is 60.3 Å². The van der Waals surface area contributed by atoms with Crippen LogP contribution in [0.25, 0.3) is 0 Å². The molecule has 2 amide bonds. The van der Waals surface area contributed by atoms with Gasteiger partial charge in [-0.05, 0) is 47.9 Å². The molecule has 0 bridgehead atoms. The van der Waals surface area contributed by atoms with Gasteiger partial charge in [0.15, 0.2) is 0 Å². The van der Waals surface area contributed by atoms with Crippen molar-refractivity contribution in [2.24, 2.45) is 0 Å². The Morgan fingerprint density at radius 2 is 1.84 bits per heavy atom. The number of para-hydroxylation sites is 1. The number of thioether (sulfide) groups is 1. The summed E-state index contributed by atoms with van der Waals surface area (Å²) in [4.78, 5) is 29.0. The van der Waals surface area contributed by atoms with Crippen molar-refractivity contribution >= 4 is 29.3 Å². The number of carbonyl (C=O) groups is 2. The summed E-state index contributed by atoms with van der Waals surface area (Å²) in [6, 6.07) is 23.3. The van der Waals surface area contributed by atoms with Crippen molar-refractivity contribution in [3.63, 3.8) is 0 Å². The molecule has 4 rings (SSSR count). The number of nitrogens with one attached hydrogen (secondary N) is 1. The van der Waals surface area contributed by atoms with E-state index in [9.17, 15) is 9.59 Å². The van der Waals surface area contributed by atoms with Crippen LogP contribution in [0.5, 0.6) is 5.75 Å². The van der Waals surface area contributed by atoms with Gasteiger partial charge in [0.25, 0.3) is 5.91 Å². The van der Waals surface area contributed by atoms with E-state index in [0.717, 1.165) is 33.0 Å². The molecule has 162 valence electrons. The van der Waals surface area contributed by atoms with Crippen LogP contribution in [0.3, 0.4) is 0 Å². The molecule has 6 heteroatoms. The fourth-order valence-corrected chi connectivity index (χ4v) is 4.56. The van der Waals surface area contributed by atoms with E-state index in [2.05, 4.69) is 5.32 Å². The van der Waals surface area contributed by atoms with Crippen LogP contribution in [0.4, 0.5) is 5.69 Å². The molecule has 0 saturated heterocycles. The zero-order valence-corrected chi connectivity index (χ0v) is 18.8. The third-order valence-electron chi connectivity index (χ3n) is 5.28. The number of anilines is 1. The lowest BCUT2D eigenvalue weighted by Crippen LogP contribution is -2.34. The first-order valence-electron chi connectivity index (χ1n) is 10.3. The highest BCUT2D eigenvalue weighted by molar-refractivity contribution is 8.04. The van der Waals surface area contributed by atoms with E-state index in [0.29, 0.717) is 18.0 Å². The minimum Gasteiger partial charge on any atom is -0.497 e. The average Bonchev–Trinajstić information content (AvgIpc) is 2.81. The van der Waals surface area contributed by atoms with E-state index in [-0.39, 0.29) is 11.8 Å². The third kappa shape index (κ3) is 4.86. The Bertz CT molecular complexity index is 1190. The summed E-state index contributed by atoms with van der Waals surface area (Å²) in [6.07, 6.45) is 1.40. The molecule has 3 aromatic rings. The summed E-state index contributed by atoms with van der Waals surface area (Å²) in [7, 11) is 1.62. The molecule has 0 atom stereocenters. The van der Waals surface area contributed by atoms with Crippen molar-refractivity contribution in [1.29, 1.82) is 0 Å². The van der Waals surface area contributed by atoms with Crippen molar-refractivity contribution in [3.8, 4) is 5.75 Å². The number of fused-ring (bicyclic) bond motifs is 1. The first-order valence-corrected chi connectivity index (χ1v) is 11.1. The second-order valence-corrected chi connectivity index (χ2v) is 8.55. The number of carbonyl (C=O) groups excluding carboxylic acids is 2. The van der Waals surface area contributed by atoms with Gasteiger partial charge in [0.05, 0.1) is 24.2 Å². The number of amides is 2. The maximum absolute atomic E-state index is 13.3. The van der Waals surface area contributed by atoms with E-state index in [1.54, 1.807) is 12.0 Å². The molecular weight excluding hydrogens is 420 g/mol. The topological polar surface area (TPSA) is 58.6 Å². The van der Waals surface area contributed by atoms with Crippen LogP contribution in [0, 0.1) is 6.92 Å². The minimum atomic E-state index is -0.287. The summed E-state index contributed by atoms with van der Waals surface area (Å²) in [5.41, 5.74) is 3.94. The average molecular weight is 445 g/mol. The van der Waals surface area contributed by atoms with Gasteiger partial charge in [-0.2, -0.15) is 0 Å². The van der Waals surface area contributed by atoms with Gasteiger partial charge >= 0.3 is 0 Å². The summed E-state index contributed by atoms with van der Waals surface area (Å²) in [5, 5.41) is 2.90. The molecule has 1 aliphatic heterocycles. The number of ether oxygens (including phenoxy) is 1. The molecule has 3 aromatic carbocycles. The molecule has 0 unspecified atom stereocenters. The van der Waals surface area contributed by atoms with Crippen molar-refractivity contribution in [2.45, 2.75) is 24.9 Å². The van der Waals surface area contributed by atoms with Crippen molar-refractivity contribution in [3.05, 3.63) is 100 Å². The quantitative estimate of drug-likeness (QED) is 0.553. The van der Waals surface area contributed by atoms with Crippen LogP contribution in [-0.2, 0) is 22.7 Å². The largest absolute Gasteiger partial charge is 0.497 e. The van der Waals surface area contributed by atoms with E-state index in [1.165, 1.54) is 17.8 Å². The number of hydrogen-bond donors (Lipinski definition) is 1. The predicted molar refractivity (Wildman–Crippen MR) is 128 cm³/mol. The normalized spacial score (nSPS) is 14.2. The molecule has 1 N–H and O–H groups in total. The number of aryl methyl sites for hydroxylation is 1. The van der Waals surface area contributed by atoms with Crippen LogP contribution in [0.15, 0.2) is 88.7 Å².